The average molecular weight is 117 g/mol. The molecule has 0 bridgehead atoms. The Morgan fingerprint density at radius 1 is 1.50 bits per heavy atom. The van der Waals surface area contributed by atoms with E-state index in [2.05, 4.69) is 4.65 Å². The van der Waals surface area contributed by atoms with Crippen LogP contribution in [-0.2, 0) is 0 Å². The first kappa shape index (κ1) is 4.55. The minimum atomic E-state index is -0.168. The Balaban J connectivity index is 2.01. The quantitative estimate of drug-likeness (QED) is 0.434. The molecule has 0 radical (unpaired) electrons. The fourth-order valence-corrected chi connectivity index (χ4v) is 3.82. The van der Waals surface area contributed by atoms with Crippen molar-refractivity contribution in [2.45, 2.75) is 18.5 Å². The Hall–Kier alpha value is 0.394. The molecule has 0 saturated carbocycles. The van der Waals surface area contributed by atoms with Crippen molar-refractivity contribution in [1.82, 2.24) is 4.65 Å². The molecule has 1 aliphatic rings. The number of hydrogen-bond acceptors (Lipinski definition) is 1. The molecule has 1 saturated heterocycles. The summed E-state index contributed by atoms with van der Waals surface area (Å²) in [6.07, 6.45) is 1.52. The van der Waals surface area contributed by atoms with E-state index in [-0.39, 0.29) is 8.96 Å². The largest absolute Gasteiger partial charge is 0.369 e. The molecule has 36 valence electrons. The third-order valence-electron chi connectivity index (χ3n) is 1.51. The van der Waals surface area contributed by atoms with Gasteiger partial charge in [0.25, 0.3) is 0 Å². The van der Waals surface area contributed by atoms with Gasteiger partial charge in [-0.3, -0.25) is 0 Å². The summed E-state index contributed by atoms with van der Waals surface area (Å²) in [7, 11) is 1.08. The van der Waals surface area contributed by atoms with Gasteiger partial charge in [0.05, 0.1) is 10.4 Å². The zero-order chi connectivity index (χ0) is 4.41. The normalized spacial score (nSPS) is 24.0. The lowest BCUT2D eigenvalue weighted by atomic mass is 10.5. The molecular weight excluding hydrogens is 106 g/mol. The Labute approximate surface area is 43.3 Å². The van der Waals surface area contributed by atoms with E-state index < -0.39 is 0 Å². The van der Waals surface area contributed by atoms with Crippen LogP contribution in [0.25, 0.3) is 0 Å². The standard InChI is InChI=1S/C3H11NSi2/c5-4-6-2-1-3-6/h4,6H,1-3H2,5H3. The highest BCUT2D eigenvalue weighted by Gasteiger charge is 2.15. The topological polar surface area (TPSA) is 12.0 Å². The van der Waals surface area contributed by atoms with E-state index in [1.807, 2.05) is 0 Å². The molecule has 1 rings (SSSR count). The number of nitrogens with one attached hydrogen (secondary N) is 1. The van der Waals surface area contributed by atoms with Crippen molar-refractivity contribution in [3.05, 3.63) is 0 Å². The van der Waals surface area contributed by atoms with Gasteiger partial charge < -0.3 is 4.65 Å². The molecule has 0 aromatic rings. The van der Waals surface area contributed by atoms with Gasteiger partial charge in [0.1, 0.15) is 8.96 Å². The molecular formula is C3H11NSi2. The number of rotatable bonds is 1. The van der Waals surface area contributed by atoms with Gasteiger partial charge >= 0.3 is 0 Å². The van der Waals surface area contributed by atoms with E-state index >= 15 is 0 Å². The van der Waals surface area contributed by atoms with E-state index in [9.17, 15) is 0 Å². The molecule has 0 aliphatic carbocycles. The fourth-order valence-electron chi connectivity index (χ4n) is 0.697. The minimum absolute atomic E-state index is 0.168. The van der Waals surface area contributed by atoms with Crippen molar-refractivity contribution in [3.63, 3.8) is 0 Å². The van der Waals surface area contributed by atoms with E-state index in [1.165, 1.54) is 16.8 Å². The summed E-state index contributed by atoms with van der Waals surface area (Å²) in [6.45, 7) is 0. The van der Waals surface area contributed by atoms with Crippen LogP contribution in [0.15, 0.2) is 0 Å². The van der Waals surface area contributed by atoms with Crippen LogP contribution in [-0.4, -0.2) is 19.4 Å². The molecule has 1 N–H and O–H groups in total. The summed E-state index contributed by atoms with van der Waals surface area (Å²) in [5.74, 6) is 0. The maximum absolute atomic E-state index is 3.48. The van der Waals surface area contributed by atoms with Gasteiger partial charge in [-0.05, 0) is 12.1 Å². The summed E-state index contributed by atoms with van der Waals surface area (Å²) in [5, 5.41) is 0. The second-order valence-corrected chi connectivity index (χ2v) is 6.77. The summed E-state index contributed by atoms with van der Waals surface area (Å²) in [6, 6.07) is 3.15. The van der Waals surface area contributed by atoms with Crippen molar-refractivity contribution >= 4 is 19.4 Å². The van der Waals surface area contributed by atoms with E-state index in [4.69, 9.17) is 0 Å². The lowest BCUT2D eigenvalue weighted by Gasteiger charge is -2.22. The maximum Gasteiger partial charge on any atom is 0.101 e. The van der Waals surface area contributed by atoms with Crippen LogP contribution in [0.2, 0.25) is 12.1 Å². The Bertz CT molecular complexity index is 41.3. The smallest absolute Gasteiger partial charge is 0.101 e. The van der Waals surface area contributed by atoms with Crippen LogP contribution in [0.4, 0.5) is 0 Å². The predicted molar refractivity (Wildman–Crippen MR) is 34.5 cm³/mol. The Morgan fingerprint density at radius 3 is 2.17 bits per heavy atom. The van der Waals surface area contributed by atoms with Gasteiger partial charge in [0, 0.05) is 0 Å². The van der Waals surface area contributed by atoms with Crippen molar-refractivity contribution in [2.75, 3.05) is 0 Å². The molecule has 1 heterocycles. The summed E-state index contributed by atoms with van der Waals surface area (Å²) < 4.78 is 3.48. The van der Waals surface area contributed by atoms with Crippen molar-refractivity contribution in [1.29, 1.82) is 0 Å². The lowest BCUT2D eigenvalue weighted by Crippen LogP contribution is -2.37. The molecule has 1 nitrogen and oxygen atoms in total. The molecule has 1 aliphatic heterocycles. The molecule has 6 heavy (non-hydrogen) atoms. The highest BCUT2D eigenvalue weighted by Crippen LogP contribution is 2.15. The van der Waals surface area contributed by atoms with Gasteiger partial charge in [0.2, 0.25) is 0 Å². The Kier molecular flexibility index (Phi) is 1.44. The van der Waals surface area contributed by atoms with Gasteiger partial charge in [-0.2, -0.15) is 0 Å². The first-order valence-corrected chi connectivity index (χ1v) is 5.82. The molecule has 3 heteroatoms. The Morgan fingerprint density at radius 2 is 2.17 bits per heavy atom. The summed E-state index contributed by atoms with van der Waals surface area (Å²) in [4.78, 5) is 0. The first-order valence-electron chi connectivity index (χ1n) is 2.61. The molecule has 0 aromatic heterocycles. The third kappa shape index (κ3) is 0.718. The van der Waals surface area contributed by atoms with Gasteiger partial charge in [-0.15, -0.1) is 0 Å². The fraction of sp³-hybridized carbons (Fsp3) is 1.00. The average Bonchev–Trinajstić information content (AvgIpc) is 1.31. The van der Waals surface area contributed by atoms with Gasteiger partial charge in [-0.1, -0.05) is 6.42 Å². The van der Waals surface area contributed by atoms with Crippen LogP contribution in [0, 0.1) is 0 Å². The van der Waals surface area contributed by atoms with E-state index in [1.54, 1.807) is 12.1 Å². The molecule has 0 amide bonds. The second kappa shape index (κ2) is 1.90. The zero-order valence-electron chi connectivity index (χ0n) is 4.20. The van der Waals surface area contributed by atoms with Gasteiger partial charge in [-0.25, -0.2) is 0 Å². The minimum Gasteiger partial charge on any atom is -0.369 e. The first-order chi connectivity index (χ1) is 2.93. The predicted octanol–water partition coefficient (Wildman–Crippen LogP) is -1.02. The van der Waals surface area contributed by atoms with Crippen LogP contribution >= 0.6 is 0 Å². The van der Waals surface area contributed by atoms with Crippen molar-refractivity contribution < 1.29 is 0 Å². The van der Waals surface area contributed by atoms with Crippen molar-refractivity contribution in [3.8, 4) is 0 Å². The van der Waals surface area contributed by atoms with Crippen LogP contribution < -0.4 is 4.65 Å². The highest BCUT2D eigenvalue weighted by atomic mass is 28.3. The lowest BCUT2D eigenvalue weighted by molar-refractivity contribution is 0.918. The van der Waals surface area contributed by atoms with Gasteiger partial charge in [0.15, 0.2) is 0 Å². The van der Waals surface area contributed by atoms with Crippen molar-refractivity contribution in [2.24, 2.45) is 0 Å². The highest BCUT2D eigenvalue weighted by molar-refractivity contribution is 6.64. The molecule has 0 atom stereocenters. The third-order valence-corrected chi connectivity index (χ3v) is 6.99. The molecule has 0 aromatic carbocycles. The van der Waals surface area contributed by atoms with E-state index in [0.717, 1.165) is 0 Å². The second-order valence-electron chi connectivity index (χ2n) is 1.92. The molecule has 1 fully saturated rings. The monoisotopic (exact) mass is 117 g/mol. The van der Waals surface area contributed by atoms with Crippen LogP contribution in [0.1, 0.15) is 6.42 Å². The number of hydrogen-bond donors (Lipinski definition) is 1. The summed E-state index contributed by atoms with van der Waals surface area (Å²) >= 11 is 0. The van der Waals surface area contributed by atoms with Crippen LogP contribution in [0.3, 0.4) is 0 Å². The van der Waals surface area contributed by atoms with E-state index in [0.29, 0.717) is 0 Å². The SMILES string of the molecule is [SiH3]N[SiH]1CCC1. The molecule has 0 spiro atoms. The summed E-state index contributed by atoms with van der Waals surface area (Å²) in [5.41, 5.74) is 0. The van der Waals surface area contributed by atoms with Crippen LogP contribution in [0.5, 0.6) is 0 Å². The molecule has 0 unspecified atom stereocenters. The maximum atomic E-state index is 3.48. The zero-order valence-corrected chi connectivity index (χ0v) is 7.35.